The molecule has 0 unspecified atom stereocenters. The molecule has 0 saturated carbocycles. The molecule has 0 radical (unpaired) electrons. The predicted octanol–water partition coefficient (Wildman–Crippen LogP) is 0.770. The normalized spacial score (nSPS) is 10.2. The van der Waals surface area contributed by atoms with Crippen LogP contribution in [0.15, 0.2) is 29.5 Å². The van der Waals surface area contributed by atoms with Gasteiger partial charge in [-0.05, 0) is 18.6 Å². The lowest BCUT2D eigenvalue weighted by atomic mass is 10.3. The van der Waals surface area contributed by atoms with Crippen molar-refractivity contribution in [3.05, 3.63) is 46.4 Å². The maximum atomic E-state index is 11.9. The molecule has 2 rings (SSSR count). The Bertz CT molecular complexity index is 634. The summed E-state index contributed by atoms with van der Waals surface area (Å²) in [5.74, 6) is 0.717. The summed E-state index contributed by atoms with van der Waals surface area (Å²) in [5.41, 5.74) is -0.162. The van der Waals surface area contributed by atoms with Crippen molar-refractivity contribution in [1.29, 1.82) is 5.26 Å². The molecule has 0 atom stereocenters. The molecular formula is C12H13N5O. The van der Waals surface area contributed by atoms with Crippen LogP contribution >= 0.6 is 0 Å². The lowest BCUT2D eigenvalue weighted by Gasteiger charge is -2.07. The Balaban J connectivity index is 2.32. The van der Waals surface area contributed by atoms with E-state index in [1.165, 1.54) is 17.0 Å². The van der Waals surface area contributed by atoms with Gasteiger partial charge in [-0.25, -0.2) is 9.67 Å². The molecule has 0 fully saturated rings. The van der Waals surface area contributed by atoms with E-state index in [4.69, 9.17) is 5.26 Å². The Kier molecular flexibility index (Phi) is 3.53. The molecule has 0 aromatic carbocycles. The molecule has 0 bridgehead atoms. The molecule has 2 aromatic heterocycles. The molecule has 0 saturated heterocycles. The summed E-state index contributed by atoms with van der Waals surface area (Å²) in [4.78, 5) is 16.0. The minimum absolute atomic E-state index is 0.138. The molecule has 0 amide bonds. The smallest absolute Gasteiger partial charge is 0.268 e. The first-order valence-electron chi connectivity index (χ1n) is 5.72. The van der Waals surface area contributed by atoms with Crippen LogP contribution in [0.3, 0.4) is 0 Å². The van der Waals surface area contributed by atoms with Gasteiger partial charge in [0.2, 0.25) is 0 Å². The molecule has 6 heteroatoms. The molecular weight excluding hydrogens is 230 g/mol. The van der Waals surface area contributed by atoms with Crippen molar-refractivity contribution >= 4 is 0 Å². The van der Waals surface area contributed by atoms with Crippen molar-refractivity contribution in [3.63, 3.8) is 0 Å². The van der Waals surface area contributed by atoms with Crippen LogP contribution in [0.4, 0.5) is 0 Å². The van der Waals surface area contributed by atoms with E-state index in [1.807, 2.05) is 13.0 Å². The molecule has 0 spiro atoms. The van der Waals surface area contributed by atoms with Gasteiger partial charge < -0.3 is 4.57 Å². The topological polar surface area (TPSA) is 76.5 Å². The van der Waals surface area contributed by atoms with Crippen molar-refractivity contribution in [1.82, 2.24) is 19.3 Å². The Morgan fingerprint density at radius 2 is 2.33 bits per heavy atom. The van der Waals surface area contributed by atoms with Crippen LogP contribution in [0.25, 0.3) is 0 Å². The van der Waals surface area contributed by atoms with Gasteiger partial charge in [0, 0.05) is 12.7 Å². The highest BCUT2D eigenvalue weighted by molar-refractivity contribution is 5.25. The van der Waals surface area contributed by atoms with E-state index in [2.05, 4.69) is 10.1 Å². The van der Waals surface area contributed by atoms with E-state index in [1.54, 1.807) is 16.9 Å². The number of nitriles is 1. The highest BCUT2D eigenvalue weighted by atomic mass is 16.1. The number of hydrogen-bond donors (Lipinski definition) is 0. The van der Waals surface area contributed by atoms with Crippen LogP contribution in [-0.4, -0.2) is 19.3 Å². The Hall–Kier alpha value is -2.42. The number of aryl methyl sites for hydroxylation is 1. The molecule has 2 aromatic rings. The van der Waals surface area contributed by atoms with Crippen LogP contribution in [-0.2, 0) is 13.1 Å². The molecule has 0 N–H and O–H groups in total. The summed E-state index contributed by atoms with van der Waals surface area (Å²) in [6.07, 6.45) is 4.07. The van der Waals surface area contributed by atoms with Gasteiger partial charge in [0.05, 0.1) is 6.54 Å². The lowest BCUT2D eigenvalue weighted by molar-refractivity contribution is 0.550. The monoisotopic (exact) mass is 243 g/mol. The fourth-order valence-corrected chi connectivity index (χ4v) is 1.71. The van der Waals surface area contributed by atoms with E-state index in [0.29, 0.717) is 12.4 Å². The summed E-state index contributed by atoms with van der Waals surface area (Å²) < 4.78 is 3.24. The largest absolute Gasteiger partial charge is 0.307 e. The van der Waals surface area contributed by atoms with E-state index in [0.717, 1.165) is 13.0 Å². The fourth-order valence-electron chi connectivity index (χ4n) is 1.71. The zero-order valence-electron chi connectivity index (χ0n) is 10.1. The Labute approximate surface area is 104 Å². The van der Waals surface area contributed by atoms with E-state index < -0.39 is 0 Å². The average Bonchev–Trinajstić information content (AvgIpc) is 2.80. The highest BCUT2D eigenvalue weighted by Crippen LogP contribution is 1.99. The van der Waals surface area contributed by atoms with Gasteiger partial charge in [-0.15, -0.1) is 0 Å². The first kappa shape index (κ1) is 12.0. The SMILES string of the molecule is CCCn1ncnc1Cn1cccc(C#N)c1=O. The van der Waals surface area contributed by atoms with Crippen molar-refractivity contribution < 1.29 is 0 Å². The molecule has 92 valence electrons. The highest BCUT2D eigenvalue weighted by Gasteiger charge is 2.07. The molecule has 6 nitrogen and oxygen atoms in total. The maximum Gasteiger partial charge on any atom is 0.268 e. The standard InChI is InChI=1S/C12H13N5O/c1-2-5-17-11(14-9-15-17)8-16-6-3-4-10(7-13)12(16)18/h3-4,6,9H,2,5,8H2,1H3. The summed E-state index contributed by atoms with van der Waals surface area (Å²) in [6, 6.07) is 5.07. The zero-order chi connectivity index (χ0) is 13.0. The van der Waals surface area contributed by atoms with Crippen LogP contribution < -0.4 is 5.56 Å². The van der Waals surface area contributed by atoms with Gasteiger partial charge in [-0.2, -0.15) is 10.4 Å². The minimum atomic E-state index is -0.300. The van der Waals surface area contributed by atoms with Crippen molar-refractivity contribution in [2.45, 2.75) is 26.4 Å². The van der Waals surface area contributed by atoms with Gasteiger partial charge >= 0.3 is 0 Å². The number of aromatic nitrogens is 4. The third-order valence-corrected chi connectivity index (χ3v) is 2.58. The fraction of sp³-hybridized carbons (Fsp3) is 0.333. The molecule has 0 aliphatic rings. The summed E-state index contributed by atoms with van der Waals surface area (Å²) >= 11 is 0. The van der Waals surface area contributed by atoms with Crippen LogP contribution in [0.1, 0.15) is 24.7 Å². The van der Waals surface area contributed by atoms with Crippen molar-refractivity contribution in [3.8, 4) is 6.07 Å². The molecule has 2 heterocycles. The number of pyridine rings is 1. The first-order valence-corrected chi connectivity index (χ1v) is 5.72. The van der Waals surface area contributed by atoms with E-state index in [9.17, 15) is 4.79 Å². The minimum Gasteiger partial charge on any atom is -0.307 e. The molecule has 18 heavy (non-hydrogen) atoms. The molecule has 0 aliphatic heterocycles. The maximum absolute atomic E-state index is 11.9. The van der Waals surface area contributed by atoms with Gasteiger partial charge in [0.25, 0.3) is 5.56 Å². The predicted molar refractivity (Wildman–Crippen MR) is 64.8 cm³/mol. The molecule has 0 aliphatic carbocycles. The van der Waals surface area contributed by atoms with Crippen LogP contribution in [0, 0.1) is 11.3 Å². The second-order valence-corrected chi connectivity index (χ2v) is 3.87. The van der Waals surface area contributed by atoms with E-state index in [-0.39, 0.29) is 11.1 Å². The second kappa shape index (κ2) is 5.27. The quantitative estimate of drug-likeness (QED) is 0.794. The third-order valence-electron chi connectivity index (χ3n) is 2.58. The lowest BCUT2D eigenvalue weighted by Crippen LogP contribution is -2.24. The second-order valence-electron chi connectivity index (χ2n) is 3.87. The van der Waals surface area contributed by atoms with Crippen molar-refractivity contribution in [2.75, 3.05) is 0 Å². The summed E-state index contributed by atoms with van der Waals surface area (Å²) in [6.45, 7) is 3.14. The average molecular weight is 243 g/mol. The summed E-state index contributed by atoms with van der Waals surface area (Å²) in [7, 11) is 0. The summed E-state index contributed by atoms with van der Waals surface area (Å²) in [5, 5.41) is 12.9. The number of hydrogen-bond acceptors (Lipinski definition) is 4. The first-order chi connectivity index (χ1) is 8.76. The van der Waals surface area contributed by atoms with Crippen molar-refractivity contribution in [2.24, 2.45) is 0 Å². The Morgan fingerprint density at radius 3 is 3.06 bits per heavy atom. The van der Waals surface area contributed by atoms with E-state index >= 15 is 0 Å². The zero-order valence-corrected chi connectivity index (χ0v) is 10.1. The third kappa shape index (κ3) is 2.30. The van der Waals surface area contributed by atoms with Crippen LogP contribution in [0.2, 0.25) is 0 Å². The number of nitrogens with zero attached hydrogens (tertiary/aromatic N) is 5. The number of rotatable bonds is 4. The van der Waals surface area contributed by atoms with Crippen LogP contribution in [0.5, 0.6) is 0 Å². The van der Waals surface area contributed by atoms with Gasteiger partial charge in [0.1, 0.15) is 23.8 Å². The van der Waals surface area contributed by atoms with Gasteiger partial charge in [0.15, 0.2) is 0 Å². The van der Waals surface area contributed by atoms with Gasteiger partial charge in [-0.1, -0.05) is 6.92 Å². The van der Waals surface area contributed by atoms with Gasteiger partial charge in [-0.3, -0.25) is 4.79 Å². The Morgan fingerprint density at radius 1 is 1.50 bits per heavy atom.